The number of nitrogens with one attached hydrogen (secondary N) is 1. The fourth-order valence-electron chi connectivity index (χ4n) is 1.97. The van der Waals surface area contributed by atoms with Crippen molar-refractivity contribution in [1.29, 1.82) is 0 Å². The van der Waals surface area contributed by atoms with Crippen molar-refractivity contribution in [2.45, 2.75) is 6.42 Å². The zero-order chi connectivity index (χ0) is 13.0. The van der Waals surface area contributed by atoms with Gasteiger partial charge < -0.3 is 20.5 Å². The van der Waals surface area contributed by atoms with Crippen molar-refractivity contribution in [2.75, 3.05) is 37.9 Å². The van der Waals surface area contributed by atoms with E-state index < -0.39 is 0 Å². The summed E-state index contributed by atoms with van der Waals surface area (Å²) in [5.41, 5.74) is 7.75. The molecule has 1 saturated heterocycles. The maximum Gasteiger partial charge on any atom is 0.337 e. The molecular weight excluding hydrogens is 232 g/mol. The molecule has 0 bridgehead atoms. The summed E-state index contributed by atoms with van der Waals surface area (Å²) < 4.78 is 9.95. The van der Waals surface area contributed by atoms with E-state index in [0.717, 1.165) is 31.9 Å². The lowest BCUT2D eigenvalue weighted by Gasteiger charge is -2.13. The van der Waals surface area contributed by atoms with Crippen LogP contribution in [0, 0.1) is 5.92 Å². The average molecular weight is 250 g/mol. The molecule has 5 nitrogen and oxygen atoms in total. The Morgan fingerprint density at radius 2 is 2.44 bits per heavy atom. The van der Waals surface area contributed by atoms with Gasteiger partial charge in [-0.2, -0.15) is 0 Å². The SMILES string of the molecule is COC(=O)c1ccc(NCC2CCOC2)c(N)c1. The highest BCUT2D eigenvalue weighted by atomic mass is 16.5. The number of ether oxygens (including phenoxy) is 2. The highest BCUT2D eigenvalue weighted by Crippen LogP contribution is 2.22. The molecule has 1 heterocycles. The summed E-state index contributed by atoms with van der Waals surface area (Å²) in [7, 11) is 1.35. The molecule has 18 heavy (non-hydrogen) atoms. The van der Waals surface area contributed by atoms with E-state index >= 15 is 0 Å². The zero-order valence-electron chi connectivity index (χ0n) is 10.4. The van der Waals surface area contributed by atoms with Gasteiger partial charge in [0.2, 0.25) is 0 Å². The second-order valence-corrected chi connectivity index (χ2v) is 4.40. The number of rotatable bonds is 4. The van der Waals surface area contributed by atoms with E-state index in [1.807, 2.05) is 0 Å². The smallest absolute Gasteiger partial charge is 0.337 e. The van der Waals surface area contributed by atoms with Crippen molar-refractivity contribution in [3.05, 3.63) is 23.8 Å². The molecule has 2 rings (SSSR count). The Morgan fingerprint density at radius 3 is 3.06 bits per heavy atom. The fourth-order valence-corrected chi connectivity index (χ4v) is 1.97. The van der Waals surface area contributed by atoms with Gasteiger partial charge in [-0.15, -0.1) is 0 Å². The molecule has 1 aliphatic heterocycles. The van der Waals surface area contributed by atoms with Gasteiger partial charge in [-0.1, -0.05) is 0 Å². The number of methoxy groups -OCH3 is 1. The van der Waals surface area contributed by atoms with Gasteiger partial charge >= 0.3 is 5.97 Å². The number of hydrogen-bond donors (Lipinski definition) is 2. The van der Waals surface area contributed by atoms with E-state index in [1.54, 1.807) is 18.2 Å². The van der Waals surface area contributed by atoms with Crippen molar-refractivity contribution < 1.29 is 14.3 Å². The quantitative estimate of drug-likeness (QED) is 0.626. The molecule has 1 unspecified atom stereocenters. The Morgan fingerprint density at radius 1 is 1.61 bits per heavy atom. The molecule has 1 fully saturated rings. The number of carbonyl (C=O) groups excluding carboxylic acids is 1. The van der Waals surface area contributed by atoms with E-state index in [2.05, 4.69) is 10.1 Å². The summed E-state index contributed by atoms with van der Waals surface area (Å²) in [6.45, 7) is 2.47. The first-order valence-corrected chi connectivity index (χ1v) is 6.00. The molecule has 5 heteroatoms. The molecule has 0 aliphatic carbocycles. The molecular formula is C13H18N2O3. The normalized spacial score (nSPS) is 18.6. The van der Waals surface area contributed by atoms with Gasteiger partial charge in [-0.05, 0) is 24.6 Å². The van der Waals surface area contributed by atoms with E-state index in [0.29, 0.717) is 17.2 Å². The molecule has 3 N–H and O–H groups in total. The van der Waals surface area contributed by atoms with Crippen molar-refractivity contribution in [3.63, 3.8) is 0 Å². The van der Waals surface area contributed by atoms with E-state index in [1.165, 1.54) is 7.11 Å². The third-order valence-electron chi connectivity index (χ3n) is 3.08. The summed E-state index contributed by atoms with van der Waals surface area (Å²) in [4.78, 5) is 11.3. The maximum atomic E-state index is 11.3. The van der Waals surface area contributed by atoms with Crippen LogP contribution in [-0.2, 0) is 9.47 Å². The molecule has 0 radical (unpaired) electrons. The van der Waals surface area contributed by atoms with Crippen LogP contribution >= 0.6 is 0 Å². The topological polar surface area (TPSA) is 73.6 Å². The van der Waals surface area contributed by atoms with Crippen molar-refractivity contribution in [3.8, 4) is 0 Å². The van der Waals surface area contributed by atoms with Crippen LogP contribution in [0.4, 0.5) is 11.4 Å². The van der Waals surface area contributed by atoms with Crippen molar-refractivity contribution >= 4 is 17.3 Å². The number of benzene rings is 1. The molecule has 0 aromatic heterocycles. The van der Waals surface area contributed by atoms with Gasteiger partial charge in [0.05, 0.1) is 30.7 Å². The van der Waals surface area contributed by atoms with Crippen LogP contribution < -0.4 is 11.1 Å². The highest BCUT2D eigenvalue weighted by Gasteiger charge is 2.15. The predicted octanol–water partition coefficient (Wildman–Crippen LogP) is 1.50. The van der Waals surface area contributed by atoms with Crippen LogP contribution in [0.15, 0.2) is 18.2 Å². The first kappa shape index (κ1) is 12.7. The minimum absolute atomic E-state index is 0.377. The Balaban J connectivity index is 1.98. The van der Waals surface area contributed by atoms with Crippen molar-refractivity contribution in [1.82, 2.24) is 0 Å². The number of carbonyl (C=O) groups is 1. The monoisotopic (exact) mass is 250 g/mol. The van der Waals surface area contributed by atoms with E-state index in [4.69, 9.17) is 10.5 Å². The molecule has 0 amide bonds. The molecule has 0 saturated carbocycles. The highest BCUT2D eigenvalue weighted by molar-refractivity contribution is 5.91. The second kappa shape index (κ2) is 5.73. The molecule has 98 valence electrons. The Kier molecular flexibility index (Phi) is 4.04. The predicted molar refractivity (Wildman–Crippen MR) is 69.6 cm³/mol. The van der Waals surface area contributed by atoms with E-state index in [-0.39, 0.29) is 5.97 Å². The lowest BCUT2D eigenvalue weighted by atomic mass is 10.1. The largest absolute Gasteiger partial charge is 0.465 e. The number of nitrogens with two attached hydrogens (primary N) is 1. The molecule has 0 spiro atoms. The van der Waals surface area contributed by atoms with Crippen molar-refractivity contribution in [2.24, 2.45) is 5.92 Å². The summed E-state index contributed by atoms with van der Waals surface area (Å²) in [5.74, 6) is 0.155. The molecule has 1 atom stereocenters. The minimum atomic E-state index is -0.377. The zero-order valence-corrected chi connectivity index (χ0v) is 10.4. The van der Waals surface area contributed by atoms with Crippen LogP contribution in [0.5, 0.6) is 0 Å². The molecule has 1 aromatic carbocycles. The summed E-state index contributed by atoms with van der Waals surface area (Å²) in [5, 5.41) is 3.28. The van der Waals surface area contributed by atoms with Crippen LogP contribution in [0.3, 0.4) is 0 Å². The summed E-state index contributed by atoms with van der Waals surface area (Å²) in [6, 6.07) is 5.13. The molecule has 1 aromatic rings. The third kappa shape index (κ3) is 2.92. The van der Waals surface area contributed by atoms with Gasteiger partial charge in [-0.3, -0.25) is 0 Å². The number of hydrogen-bond acceptors (Lipinski definition) is 5. The minimum Gasteiger partial charge on any atom is -0.465 e. The van der Waals surface area contributed by atoms with Crippen LogP contribution in [0.25, 0.3) is 0 Å². The lowest BCUT2D eigenvalue weighted by Crippen LogP contribution is -2.15. The van der Waals surface area contributed by atoms with Gasteiger partial charge in [0.25, 0.3) is 0 Å². The Bertz CT molecular complexity index is 428. The first-order chi connectivity index (χ1) is 8.70. The van der Waals surface area contributed by atoms with Crippen LogP contribution in [0.1, 0.15) is 16.8 Å². The Labute approximate surface area is 106 Å². The number of esters is 1. The maximum absolute atomic E-state index is 11.3. The fraction of sp³-hybridized carbons (Fsp3) is 0.462. The van der Waals surface area contributed by atoms with E-state index in [9.17, 15) is 4.79 Å². The van der Waals surface area contributed by atoms with Gasteiger partial charge in [0.1, 0.15) is 0 Å². The summed E-state index contributed by atoms with van der Waals surface area (Å²) in [6.07, 6.45) is 1.08. The van der Waals surface area contributed by atoms with Crippen LogP contribution in [-0.4, -0.2) is 32.8 Å². The van der Waals surface area contributed by atoms with Gasteiger partial charge in [-0.25, -0.2) is 4.79 Å². The van der Waals surface area contributed by atoms with Gasteiger partial charge in [0.15, 0.2) is 0 Å². The number of nitrogen functional groups attached to an aromatic ring is 1. The number of anilines is 2. The Hall–Kier alpha value is -1.75. The standard InChI is InChI=1S/C13H18N2O3/c1-17-13(16)10-2-3-12(11(14)6-10)15-7-9-4-5-18-8-9/h2-3,6,9,15H,4-5,7-8,14H2,1H3. The first-order valence-electron chi connectivity index (χ1n) is 6.00. The molecule has 1 aliphatic rings. The lowest BCUT2D eigenvalue weighted by molar-refractivity contribution is 0.0601. The third-order valence-corrected chi connectivity index (χ3v) is 3.08. The van der Waals surface area contributed by atoms with Gasteiger partial charge in [0, 0.05) is 19.1 Å². The average Bonchev–Trinajstić information content (AvgIpc) is 2.89. The second-order valence-electron chi connectivity index (χ2n) is 4.40. The van der Waals surface area contributed by atoms with Crippen LogP contribution in [0.2, 0.25) is 0 Å². The summed E-state index contributed by atoms with van der Waals surface area (Å²) >= 11 is 0.